The van der Waals surface area contributed by atoms with E-state index in [2.05, 4.69) is 10.1 Å². The number of carbonyl (C=O) groups excluding carboxylic acids is 2. The van der Waals surface area contributed by atoms with Gasteiger partial charge in [0.2, 0.25) is 0 Å². The molecule has 2 N–H and O–H groups in total. The number of hydrogen-bond acceptors (Lipinski definition) is 6. The van der Waals surface area contributed by atoms with Gasteiger partial charge in [0.1, 0.15) is 18.2 Å². The van der Waals surface area contributed by atoms with Crippen LogP contribution in [0, 0.1) is 6.92 Å². The van der Waals surface area contributed by atoms with E-state index in [1.165, 1.54) is 11.3 Å². The van der Waals surface area contributed by atoms with Crippen molar-refractivity contribution in [2.75, 3.05) is 25.1 Å². The Kier molecular flexibility index (Phi) is 6.13. The molecule has 1 aromatic rings. The van der Waals surface area contributed by atoms with E-state index in [9.17, 15) is 14.4 Å². The molecule has 0 saturated carbocycles. The molecular formula is C12H15NO6S. The highest BCUT2D eigenvalue weighted by molar-refractivity contribution is 7.16. The van der Waals surface area contributed by atoms with E-state index in [0.717, 1.165) is 4.88 Å². The van der Waals surface area contributed by atoms with Crippen molar-refractivity contribution in [1.29, 1.82) is 0 Å². The Labute approximate surface area is 119 Å². The fraction of sp³-hybridized carbons (Fsp3) is 0.417. The molecule has 0 bridgehead atoms. The smallest absolute Gasteiger partial charge is 0.341 e. The number of nitrogens with one attached hydrogen (secondary N) is 1. The molecule has 0 aromatic carbocycles. The molecule has 20 heavy (non-hydrogen) atoms. The molecule has 0 radical (unpaired) electrons. The van der Waals surface area contributed by atoms with Crippen molar-refractivity contribution in [3.63, 3.8) is 0 Å². The van der Waals surface area contributed by atoms with Crippen LogP contribution in [-0.2, 0) is 19.1 Å². The van der Waals surface area contributed by atoms with Gasteiger partial charge in [0.25, 0.3) is 5.91 Å². The zero-order valence-corrected chi connectivity index (χ0v) is 11.9. The number of thiophene rings is 1. The van der Waals surface area contributed by atoms with Crippen LogP contribution in [0.1, 0.15) is 22.2 Å². The van der Waals surface area contributed by atoms with E-state index >= 15 is 0 Å². The summed E-state index contributed by atoms with van der Waals surface area (Å²) in [4.78, 5) is 34.3. The molecule has 0 atom stereocenters. The van der Waals surface area contributed by atoms with E-state index in [1.54, 1.807) is 19.9 Å². The van der Waals surface area contributed by atoms with Crippen LogP contribution in [0.25, 0.3) is 0 Å². The van der Waals surface area contributed by atoms with E-state index in [1.807, 2.05) is 0 Å². The molecule has 1 rings (SSSR count). The Bertz CT molecular complexity index is 510. The number of carbonyl (C=O) groups is 3. The van der Waals surface area contributed by atoms with Crippen LogP contribution < -0.4 is 5.32 Å². The highest BCUT2D eigenvalue weighted by atomic mass is 32.1. The maximum absolute atomic E-state index is 11.7. The summed E-state index contributed by atoms with van der Waals surface area (Å²) in [6.07, 6.45) is 0. The minimum Gasteiger partial charge on any atom is -0.480 e. The monoisotopic (exact) mass is 301 g/mol. The second kappa shape index (κ2) is 7.61. The quantitative estimate of drug-likeness (QED) is 0.735. The SMILES string of the molecule is CCOC(=O)c1cc(C)sc1NC(=O)COCC(=O)O. The molecule has 0 spiro atoms. The van der Waals surface area contributed by atoms with Gasteiger partial charge in [0.15, 0.2) is 0 Å². The average molecular weight is 301 g/mol. The third-order valence-corrected chi connectivity index (χ3v) is 3.03. The molecule has 0 aliphatic carbocycles. The van der Waals surface area contributed by atoms with Crippen LogP contribution in [0.3, 0.4) is 0 Å². The predicted molar refractivity (Wildman–Crippen MR) is 72.1 cm³/mol. The Morgan fingerprint density at radius 3 is 2.65 bits per heavy atom. The van der Waals surface area contributed by atoms with Gasteiger partial charge in [-0.3, -0.25) is 4.79 Å². The van der Waals surface area contributed by atoms with Crippen molar-refractivity contribution in [3.8, 4) is 0 Å². The summed E-state index contributed by atoms with van der Waals surface area (Å²) in [5, 5.41) is 11.3. The van der Waals surface area contributed by atoms with E-state index in [0.29, 0.717) is 5.00 Å². The number of aryl methyl sites for hydroxylation is 1. The topological polar surface area (TPSA) is 102 Å². The van der Waals surface area contributed by atoms with Gasteiger partial charge in [-0.05, 0) is 19.9 Å². The largest absolute Gasteiger partial charge is 0.480 e. The van der Waals surface area contributed by atoms with Crippen molar-refractivity contribution in [3.05, 3.63) is 16.5 Å². The van der Waals surface area contributed by atoms with Crippen LogP contribution in [0.4, 0.5) is 5.00 Å². The lowest BCUT2D eigenvalue weighted by molar-refractivity contribution is -0.143. The average Bonchev–Trinajstić information content (AvgIpc) is 2.70. The Morgan fingerprint density at radius 2 is 2.05 bits per heavy atom. The van der Waals surface area contributed by atoms with Gasteiger partial charge in [0, 0.05) is 4.88 Å². The summed E-state index contributed by atoms with van der Waals surface area (Å²) in [6.45, 7) is 2.77. The van der Waals surface area contributed by atoms with Crippen LogP contribution in [0.2, 0.25) is 0 Å². The molecule has 1 amide bonds. The molecule has 0 fully saturated rings. The summed E-state index contributed by atoms with van der Waals surface area (Å²) < 4.78 is 9.54. The van der Waals surface area contributed by atoms with Gasteiger partial charge in [-0.2, -0.15) is 0 Å². The molecule has 0 aliphatic rings. The zero-order chi connectivity index (χ0) is 15.1. The van der Waals surface area contributed by atoms with Crippen molar-refractivity contribution in [2.24, 2.45) is 0 Å². The Balaban J connectivity index is 2.65. The highest BCUT2D eigenvalue weighted by Gasteiger charge is 2.17. The normalized spacial score (nSPS) is 10.1. The highest BCUT2D eigenvalue weighted by Crippen LogP contribution is 2.28. The maximum Gasteiger partial charge on any atom is 0.341 e. The van der Waals surface area contributed by atoms with Gasteiger partial charge >= 0.3 is 11.9 Å². The van der Waals surface area contributed by atoms with Crippen LogP contribution >= 0.6 is 11.3 Å². The molecule has 8 heteroatoms. The standard InChI is InChI=1S/C12H15NO6S/c1-3-19-12(17)8-4-7(2)20-11(8)13-9(14)5-18-6-10(15)16/h4H,3,5-6H2,1-2H3,(H,13,14)(H,15,16). The van der Waals surface area contributed by atoms with Crippen LogP contribution in [0.5, 0.6) is 0 Å². The first-order valence-electron chi connectivity index (χ1n) is 5.81. The summed E-state index contributed by atoms with van der Waals surface area (Å²) in [6, 6.07) is 1.62. The number of aliphatic carboxylic acids is 1. The molecule has 110 valence electrons. The number of esters is 1. The first kappa shape index (κ1) is 16.1. The molecule has 0 aliphatic heterocycles. The number of carboxylic acids is 1. The van der Waals surface area contributed by atoms with E-state index in [4.69, 9.17) is 9.84 Å². The summed E-state index contributed by atoms with van der Waals surface area (Å²) in [5.74, 6) is -2.20. The lowest BCUT2D eigenvalue weighted by atomic mass is 10.3. The molecule has 0 saturated heterocycles. The fourth-order valence-corrected chi connectivity index (χ4v) is 2.28. The lowest BCUT2D eigenvalue weighted by Gasteiger charge is -2.06. The van der Waals surface area contributed by atoms with Gasteiger partial charge in [0.05, 0.1) is 12.2 Å². The van der Waals surface area contributed by atoms with Gasteiger partial charge in [-0.1, -0.05) is 0 Å². The maximum atomic E-state index is 11.7. The minimum atomic E-state index is -1.16. The molecule has 0 unspecified atom stereocenters. The third kappa shape index (κ3) is 4.98. The Hall–Kier alpha value is -1.93. The number of carboxylic acid groups (broad SMARTS) is 1. The van der Waals surface area contributed by atoms with Gasteiger partial charge < -0.3 is 19.9 Å². The second-order valence-electron chi connectivity index (χ2n) is 3.76. The fourth-order valence-electron chi connectivity index (χ4n) is 1.36. The second-order valence-corrected chi connectivity index (χ2v) is 5.01. The minimum absolute atomic E-state index is 0.239. The van der Waals surface area contributed by atoms with Gasteiger partial charge in [-0.25, -0.2) is 9.59 Å². The number of anilines is 1. The number of hydrogen-bond donors (Lipinski definition) is 2. The Morgan fingerprint density at radius 1 is 1.35 bits per heavy atom. The van der Waals surface area contributed by atoms with Crippen molar-refractivity contribution >= 4 is 34.2 Å². The van der Waals surface area contributed by atoms with E-state index < -0.39 is 31.1 Å². The number of ether oxygens (including phenoxy) is 2. The van der Waals surface area contributed by atoms with Crippen molar-refractivity contribution in [2.45, 2.75) is 13.8 Å². The predicted octanol–water partition coefficient (Wildman–Crippen LogP) is 1.27. The molecular weight excluding hydrogens is 286 g/mol. The summed E-state index contributed by atoms with van der Waals surface area (Å²) in [7, 11) is 0. The van der Waals surface area contributed by atoms with Crippen LogP contribution in [-0.4, -0.2) is 42.8 Å². The van der Waals surface area contributed by atoms with Crippen molar-refractivity contribution in [1.82, 2.24) is 0 Å². The lowest BCUT2D eigenvalue weighted by Crippen LogP contribution is -2.21. The molecule has 1 heterocycles. The number of rotatable bonds is 7. The molecule has 7 nitrogen and oxygen atoms in total. The summed E-state index contributed by atoms with van der Waals surface area (Å²) in [5.41, 5.74) is 0.279. The van der Waals surface area contributed by atoms with Crippen LogP contribution in [0.15, 0.2) is 6.07 Å². The zero-order valence-electron chi connectivity index (χ0n) is 11.1. The number of amides is 1. The molecule has 1 aromatic heterocycles. The first-order chi connectivity index (χ1) is 9.43. The first-order valence-corrected chi connectivity index (χ1v) is 6.62. The van der Waals surface area contributed by atoms with Crippen molar-refractivity contribution < 1.29 is 29.0 Å². The third-order valence-electron chi connectivity index (χ3n) is 2.06. The van der Waals surface area contributed by atoms with Gasteiger partial charge in [-0.15, -0.1) is 11.3 Å². The summed E-state index contributed by atoms with van der Waals surface area (Å²) >= 11 is 1.23. The van der Waals surface area contributed by atoms with E-state index in [-0.39, 0.29) is 12.2 Å².